The van der Waals surface area contributed by atoms with Crippen molar-refractivity contribution < 1.29 is 14.3 Å². The Balaban J connectivity index is 1.78. The lowest BCUT2D eigenvalue weighted by molar-refractivity contribution is -0.142. The average Bonchev–Trinajstić information content (AvgIpc) is 3.34. The maximum atomic E-state index is 14.1. The van der Waals surface area contributed by atoms with Gasteiger partial charge >= 0.3 is 0 Å². The minimum absolute atomic E-state index is 0.00559. The zero-order valence-corrected chi connectivity index (χ0v) is 21.3. The lowest BCUT2D eigenvalue weighted by Gasteiger charge is -2.40. The zero-order chi connectivity index (χ0) is 25.2. The van der Waals surface area contributed by atoms with E-state index in [0.29, 0.717) is 6.54 Å². The summed E-state index contributed by atoms with van der Waals surface area (Å²) in [6.07, 6.45) is 3.84. The molecule has 35 heavy (non-hydrogen) atoms. The van der Waals surface area contributed by atoms with Crippen molar-refractivity contribution in [1.29, 1.82) is 0 Å². The van der Waals surface area contributed by atoms with Gasteiger partial charge in [0.2, 0.25) is 11.8 Å². The molecular weight excluding hydrogens is 438 g/mol. The van der Waals surface area contributed by atoms with Crippen LogP contribution in [0.25, 0.3) is 5.69 Å². The lowest BCUT2D eigenvalue weighted by Crippen LogP contribution is -2.49. The van der Waals surface area contributed by atoms with Crippen molar-refractivity contribution in [2.24, 2.45) is 5.41 Å². The van der Waals surface area contributed by atoms with Crippen LogP contribution < -0.4 is 9.64 Å². The van der Waals surface area contributed by atoms with Crippen molar-refractivity contribution in [3.63, 3.8) is 0 Å². The lowest BCUT2D eigenvalue weighted by atomic mass is 9.94. The minimum atomic E-state index is -0.558. The maximum Gasteiger partial charge on any atom is 0.247 e. The number of nitrogens with zero attached hydrogens (tertiary/aromatic N) is 3. The monoisotopic (exact) mass is 473 g/mol. The molecule has 184 valence electrons. The molecule has 1 aliphatic heterocycles. The van der Waals surface area contributed by atoms with Crippen molar-refractivity contribution in [2.45, 2.75) is 46.6 Å². The number of carbonyl (C=O) groups excluding carboxylic acids is 2. The number of para-hydroxylation sites is 2. The number of ether oxygens (including phenoxy) is 1. The summed E-state index contributed by atoms with van der Waals surface area (Å²) in [5.74, 6) is 0.660. The topological polar surface area (TPSA) is 54.8 Å². The van der Waals surface area contributed by atoms with Crippen molar-refractivity contribution >= 4 is 17.5 Å². The molecule has 1 atom stereocenters. The third-order valence-electron chi connectivity index (χ3n) is 6.46. The van der Waals surface area contributed by atoms with Gasteiger partial charge in [0.1, 0.15) is 18.3 Å². The predicted octanol–water partition coefficient (Wildman–Crippen LogP) is 5.60. The van der Waals surface area contributed by atoms with Crippen LogP contribution in [0.3, 0.4) is 0 Å². The van der Waals surface area contributed by atoms with Crippen LogP contribution in [0, 0.1) is 5.41 Å². The molecule has 1 aliphatic rings. The summed E-state index contributed by atoms with van der Waals surface area (Å²) in [6.45, 7) is 8.41. The molecule has 6 nitrogen and oxygen atoms in total. The second kappa shape index (κ2) is 9.98. The molecule has 1 aromatic heterocycles. The molecular formula is C29H35N3O3. The van der Waals surface area contributed by atoms with E-state index >= 15 is 0 Å². The highest BCUT2D eigenvalue weighted by atomic mass is 16.5. The molecule has 3 aromatic rings. The van der Waals surface area contributed by atoms with Crippen LogP contribution in [0.4, 0.5) is 5.69 Å². The van der Waals surface area contributed by atoms with Gasteiger partial charge in [-0.25, -0.2) is 0 Å². The van der Waals surface area contributed by atoms with Crippen LogP contribution in [0.1, 0.15) is 57.8 Å². The standard InChI is InChI=1S/C29H35N3O3/c1-6-7-18-30(28(34)29(2,3)4)20-26(33)32-24-12-9-8-11-23(24)31-19-10-13-25(31)27(32)21-14-16-22(35-5)17-15-21/h8-17,19,27H,6-7,18,20H2,1-5H3. The van der Waals surface area contributed by atoms with E-state index in [1.165, 1.54) is 0 Å². The Morgan fingerprint density at radius 2 is 1.66 bits per heavy atom. The number of hydrogen-bond donors (Lipinski definition) is 0. The van der Waals surface area contributed by atoms with Crippen LogP contribution in [0.15, 0.2) is 66.9 Å². The molecule has 2 aromatic carbocycles. The number of anilines is 1. The maximum absolute atomic E-state index is 14.1. The van der Waals surface area contributed by atoms with Gasteiger partial charge < -0.3 is 14.2 Å². The first-order valence-electron chi connectivity index (χ1n) is 12.3. The Hall–Kier alpha value is -3.54. The number of carbonyl (C=O) groups is 2. The van der Waals surface area contributed by atoms with E-state index in [0.717, 1.165) is 41.2 Å². The van der Waals surface area contributed by atoms with Gasteiger partial charge in [0, 0.05) is 18.2 Å². The summed E-state index contributed by atoms with van der Waals surface area (Å²) in [5.41, 5.74) is 3.21. The second-order valence-corrected chi connectivity index (χ2v) is 10.1. The minimum Gasteiger partial charge on any atom is -0.497 e. The van der Waals surface area contributed by atoms with Crippen LogP contribution in [-0.4, -0.2) is 41.5 Å². The van der Waals surface area contributed by atoms with Crippen molar-refractivity contribution in [3.05, 3.63) is 78.1 Å². The second-order valence-electron chi connectivity index (χ2n) is 10.1. The highest BCUT2D eigenvalue weighted by Gasteiger charge is 2.38. The molecule has 6 heteroatoms. The van der Waals surface area contributed by atoms with Gasteiger partial charge in [0.05, 0.1) is 24.2 Å². The number of methoxy groups -OCH3 is 1. The van der Waals surface area contributed by atoms with Gasteiger partial charge in [-0.15, -0.1) is 0 Å². The molecule has 0 fully saturated rings. The third-order valence-corrected chi connectivity index (χ3v) is 6.46. The quantitative estimate of drug-likeness (QED) is 0.449. The fraction of sp³-hybridized carbons (Fsp3) is 0.379. The molecule has 0 N–H and O–H groups in total. The highest BCUT2D eigenvalue weighted by molar-refractivity contribution is 6.00. The number of hydrogen-bond acceptors (Lipinski definition) is 3. The number of aromatic nitrogens is 1. The Bertz CT molecular complexity index is 1190. The SMILES string of the molecule is CCCCN(CC(=O)N1c2ccccc2-n2cccc2C1c1ccc(OC)cc1)C(=O)C(C)(C)C. The summed E-state index contributed by atoms with van der Waals surface area (Å²) >= 11 is 0. The molecule has 1 unspecified atom stereocenters. The fourth-order valence-corrected chi connectivity index (χ4v) is 4.68. The Morgan fingerprint density at radius 1 is 0.971 bits per heavy atom. The fourth-order valence-electron chi connectivity index (χ4n) is 4.68. The normalized spacial score (nSPS) is 14.8. The van der Waals surface area contributed by atoms with Gasteiger partial charge in [-0.2, -0.15) is 0 Å². The summed E-state index contributed by atoms with van der Waals surface area (Å²) in [5, 5.41) is 0. The number of amides is 2. The van der Waals surface area contributed by atoms with E-state index in [4.69, 9.17) is 4.74 Å². The third kappa shape index (κ3) is 4.83. The first-order chi connectivity index (χ1) is 16.8. The van der Waals surface area contributed by atoms with E-state index in [-0.39, 0.29) is 24.4 Å². The predicted molar refractivity (Wildman–Crippen MR) is 139 cm³/mol. The van der Waals surface area contributed by atoms with Crippen LogP contribution in [0.2, 0.25) is 0 Å². The zero-order valence-electron chi connectivity index (χ0n) is 21.3. The number of unbranched alkanes of at least 4 members (excludes halogenated alkanes) is 1. The molecule has 2 amide bonds. The van der Waals surface area contributed by atoms with Gasteiger partial charge in [0.25, 0.3) is 0 Å². The van der Waals surface area contributed by atoms with E-state index in [1.807, 2.05) is 86.5 Å². The van der Waals surface area contributed by atoms with Crippen LogP contribution in [-0.2, 0) is 9.59 Å². The molecule has 0 saturated carbocycles. The van der Waals surface area contributed by atoms with Crippen molar-refractivity contribution in [2.75, 3.05) is 25.1 Å². The average molecular weight is 474 g/mol. The number of benzene rings is 2. The highest BCUT2D eigenvalue weighted by Crippen LogP contribution is 2.42. The molecule has 0 aliphatic carbocycles. The summed E-state index contributed by atoms with van der Waals surface area (Å²) in [7, 11) is 1.64. The Labute approximate surface area is 208 Å². The summed E-state index contributed by atoms with van der Waals surface area (Å²) < 4.78 is 7.50. The molecule has 2 heterocycles. The summed E-state index contributed by atoms with van der Waals surface area (Å²) in [6, 6.07) is 19.5. The molecule has 0 spiro atoms. The summed E-state index contributed by atoms with van der Waals surface area (Å²) in [4.78, 5) is 30.9. The van der Waals surface area contributed by atoms with Crippen LogP contribution >= 0.6 is 0 Å². The van der Waals surface area contributed by atoms with Crippen LogP contribution in [0.5, 0.6) is 5.75 Å². The van der Waals surface area contributed by atoms with Gasteiger partial charge in [0.15, 0.2) is 0 Å². The van der Waals surface area contributed by atoms with E-state index < -0.39 is 5.41 Å². The Morgan fingerprint density at radius 3 is 2.29 bits per heavy atom. The molecule has 4 rings (SSSR count). The van der Waals surface area contributed by atoms with Gasteiger partial charge in [-0.05, 0) is 48.4 Å². The molecule has 0 saturated heterocycles. The number of rotatable bonds is 7. The van der Waals surface area contributed by atoms with Crippen molar-refractivity contribution in [1.82, 2.24) is 9.47 Å². The largest absolute Gasteiger partial charge is 0.497 e. The van der Waals surface area contributed by atoms with E-state index in [9.17, 15) is 9.59 Å². The molecule has 0 bridgehead atoms. The van der Waals surface area contributed by atoms with Gasteiger partial charge in [-0.1, -0.05) is 58.4 Å². The number of fused-ring (bicyclic) bond motifs is 3. The van der Waals surface area contributed by atoms with E-state index in [1.54, 1.807) is 12.0 Å². The smallest absolute Gasteiger partial charge is 0.247 e. The molecule has 0 radical (unpaired) electrons. The van der Waals surface area contributed by atoms with Crippen molar-refractivity contribution in [3.8, 4) is 11.4 Å². The first kappa shape index (κ1) is 24.6. The van der Waals surface area contributed by atoms with E-state index in [2.05, 4.69) is 17.6 Å². The Kier molecular flexibility index (Phi) is 7.01. The first-order valence-corrected chi connectivity index (χ1v) is 12.3. The van der Waals surface area contributed by atoms with Gasteiger partial charge in [-0.3, -0.25) is 14.5 Å².